The zero-order valence-electron chi connectivity index (χ0n) is 13.7. The Bertz CT molecular complexity index is 658. The molecular formula is C16H23N5O3. The number of hydrogen-bond donors (Lipinski definition) is 2. The van der Waals surface area contributed by atoms with Gasteiger partial charge >= 0.3 is 6.03 Å². The molecule has 1 saturated heterocycles. The van der Waals surface area contributed by atoms with Crippen LogP contribution in [0.15, 0.2) is 4.52 Å². The number of nitrogens with zero attached hydrogens (tertiary/aromatic N) is 3. The number of carbonyl (C=O) groups excluding carboxylic acids is 2. The van der Waals surface area contributed by atoms with Gasteiger partial charge in [0.15, 0.2) is 5.82 Å². The topological polar surface area (TPSA) is 114 Å². The fourth-order valence-corrected chi connectivity index (χ4v) is 4.19. The van der Waals surface area contributed by atoms with Gasteiger partial charge in [0.2, 0.25) is 5.89 Å². The molecule has 1 aromatic heterocycles. The van der Waals surface area contributed by atoms with Crippen molar-refractivity contribution in [3.63, 3.8) is 0 Å². The fraction of sp³-hybridized carbons (Fsp3) is 0.750. The first kappa shape index (κ1) is 15.6. The Morgan fingerprint density at radius 2 is 1.79 bits per heavy atom. The average molecular weight is 333 g/mol. The van der Waals surface area contributed by atoms with Gasteiger partial charge in [-0.3, -0.25) is 9.69 Å². The second-order valence-electron chi connectivity index (χ2n) is 7.30. The van der Waals surface area contributed by atoms with Gasteiger partial charge in [0.25, 0.3) is 5.91 Å². The lowest BCUT2D eigenvalue weighted by atomic mass is 9.98. The number of urea groups is 1. The van der Waals surface area contributed by atoms with Crippen molar-refractivity contribution in [3.05, 3.63) is 11.7 Å². The lowest BCUT2D eigenvalue weighted by Crippen LogP contribution is -2.44. The molecule has 2 heterocycles. The largest absolute Gasteiger partial charge is 0.339 e. The number of aromatic nitrogens is 2. The fourth-order valence-electron chi connectivity index (χ4n) is 4.19. The normalized spacial score (nSPS) is 25.0. The maximum Gasteiger partial charge on any atom is 0.325 e. The van der Waals surface area contributed by atoms with Crippen LogP contribution in [0.1, 0.15) is 63.1 Å². The lowest BCUT2D eigenvalue weighted by molar-refractivity contribution is -0.131. The molecule has 1 aliphatic heterocycles. The van der Waals surface area contributed by atoms with Crippen LogP contribution in [-0.4, -0.2) is 39.1 Å². The van der Waals surface area contributed by atoms with Gasteiger partial charge in [0, 0.05) is 13.0 Å². The zero-order chi connectivity index (χ0) is 16.8. The second kappa shape index (κ2) is 5.54. The Hall–Kier alpha value is -1.96. The molecule has 0 bridgehead atoms. The minimum Gasteiger partial charge on any atom is -0.339 e. The Balaban J connectivity index is 1.41. The second-order valence-corrected chi connectivity index (χ2v) is 7.30. The minimum atomic E-state index is -0.664. The number of amides is 3. The van der Waals surface area contributed by atoms with E-state index in [1.807, 2.05) is 0 Å². The van der Waals surface area contributed by atoms with Gasteiger partial charge in [-0.1, -0.05) is 30.8 Å². The number of carbonyl (C=O) groups is 2. The Morgan fingerprint density at radius 3 is 2.50 bits per heavy atom. The van der Waals surface area contributed by atoms with E-state index < -0.39 is 11.1 Å². The highest BCUT2D eigenvalue weighted by Crippen LogP contribution is 2.36. The third kappa shape index (κ3) is 2.40. The quantitative estimate of drug-likeness (QED) is 0.800. The van der Waals surface area contributed by atoms with Gasteiger partial charge in [-0.25, -0.2) is 4.79 Å². The summed E-state index contributed by atoms with van der Waals surface area (Å²) >= 11 is 0. The summed E-state index contributed by atoms with van der Waals surface area (Å²) in [6.45, 7) is 0.256. The van der Waals surface area contributed by atoms with Crippen LogP contribution in [0.5, 0.6) is 0 Å². The molecule has 3 N–H and O–H groups in total. The van der Waals surface area contributed by atoms with Gasteiger partial charge in [-0.15, -0.1) is 0 Å². The van der Waals surface area contributed by atoms with Crippen LogP contribution < -0.4 is 11.1 Å². The molecule has 130 valence electrons. The maximum atomic E-state index is 12.6. The first-order valence-electron chi connectivity index (χ1n) is 8.79. The Labute approximate surface area is 140 Å². The van der Waals surface area contributed by atoms with E-state index in [4.69, 9.17) is 10.3 Å². The molecule has 1 aromatic rings. The number of imide groups is 1. The predicted molar refractivity (Wildman–Crippen MR) is 83.8 cm³/mol. The van der Waals surface area contributed by atoms with Gasteiger partial charge in [-0.2, -0.15) is 4.98 Å². The molecule has 8 heteroatoms. The first-order chi connectivity index (χ1) is 11.5. The van der Waals surface area contributed by atoms with Crippen molar-refractivity contribution in [2.24, 2.45) is 5.73 Å². The van der Waals surface area contributed by atoms with Crippen molar-refractivity contribution in [2.45, 2.75) is 68.9 Å². The summed E-state index contributed by atoms with van der Waals surface area (Å²) in [5.74, 6) is 0.852. The summed E-state index contributed by atoms with van der Waals surface area (Å²) in [4.78, 5) is 30.4. The minimum absolute atomic E-state index is 0.115. The molecule has 0 unspecified atom stereocenters. The third-order valence-electron chi connectivity index (χ3n) is 5.66. The molecular weight excluding hydrogens is 310 g/mol. The van der Waals surface area contributed by atoms with Crippen LogP contribution in [0.2, 0.25) is 0 Å². The van der Waals surface area contributed by atoms with E-state index in [9.17, 15) is 9.59 Å². The maximum absolute atomic E-state index is 12.6. The Morgan fingerprint density at radius 1 is 1.12 bits per heavy atom. The number of nitrogens with one attached hydrogen (secondary N) is 1. The summed E-state index contributed by atoms with van der Waals surface area (Å²) < 4.78 is 5.28. The van der Waals surface area contributed by atoms with E-state index in [1.165, 1.54) is 4.90 Å². The van der Waals surface area contributed by atoms with Crippen molar-refractivity contribution >= 4 is 11.9 Å². The molecule has 2 saturated carbocycles. The highest BCUT2D eigenvalue weighted by atomic mass is 16.5. The van der Waals surface area contributed by atoms with Crippen LogP contribution >= 0.6 is 0 Å². The molecule has 2 aliphatic carbocycles. The van der Waals surface area contributed by atoms with Crippen LogP contribution in [0.4, 0.5) is 4.79 Å². The Kier molecular flexibility index (Phi) is 3.59. The number of hydrogen-bond acceptors (Lipinski definition) is 6. The summed E-state index contributed by atoms with van der Waals surface area (Å²) in [6.07, 6.45) is 7.65. The smallest absolute Gasteiger partial charge is 0.325 e. The molecule has 0 aromatic carbocycles. The zero-order valence-corrected chi connectivity index (χ0v) is 13.7. The number of rotatable bonds is 4. The van der Waals surface area contributed by atoms with Crippen LogP contribution in [-0.2, 0) is 16.8 Å². The van der Waals surface area contributed by atoms with Crippen molar-refractivity contribution < 1.29 is 14.1 Å². The molecule has 3 fully saturated rings. The van der Waals surface area contributed by atoms with Crippen LogP contribution in [0, 0.1) is 0 Å². The van der Waals surface area contributed by atoms with Gasteiger partial charge < -0.3 is 15.6 Å². The number of nitrogens with two attached hydrogens (primary N) is 1. The highest BCUT2D eigenvalue weighted by Gasteiger charge is 2.52. The van der Waals surface area contributed by atoms with Gasteiger partial charge in [-0.05, 0) is 25.7 Å². The van der Waals surface area contributed by atoms with Crippen molar-refractivity contribution in [3.8, 4) is 0 Å². The summed E-state index contributed by atoms with van der Waals surface area (Å²) in [7, 11) is 0. The van der Waals surface area contributed by atoms with Crippen LogP contribution in [0.3, 0.4) is 0 Å². The van der Waals surface area contributed by atoms with Gasteiger partial charge in [0.05, 0.1) is 5.54 Å². The molecule has 0 radical (unpaired) electrons. The third-order valence-corrected chi connectivity index (χ3v) is 5.66. The van der Waals surface area contributed by atoms with Crippen molar-refractivity contribution in [1.82, 2.24) is 20.4 Å². The standard InChI is InChI=1S/C16H23N5O3/c17-15(6-1-2-7-15)12-18-11(24-20-12)5-10-21-13(22)16(19-14(21)23)8-3-4-9-16/h1-10,17H2,(H,19,23). The monoisotopic (exact) mass is 333 g/mol. The molecule has 3 amide bonds. The molecule has 4 rings (SSSR count). The predicted octanol–water partition coefficient (Wildman–Crippen LogP) is 1.20. The van der Waals surface area contributed by atoms with Crippen LogP contribution in [0.25, 0.3) is 0 Å². The molecule has 3 aliphatic rings. The first-order valence-corrected chi connectivity index (χ1v) is 8.79. The lowest BCUT2D eigenvalue weighted by Gasteiger charge is -2.19. The van der Waals surface area contributed by atoms with E-state index in [0.717, 1.165) is 51.4 Å². The van der Waals surface area contributed by atoms with Crippen molar-refractivity contribution in [2.75, 3.05) is 6.54 Å². The highest BCUT2D eigenvalue weighted by molar-refractivity contribution is 6.07. The average Bonchev–Trinajstić information content (AvgIpc) is 3.30. The van der Waals surface area contributed by atoms with Gasteiger partial charge in [0.1, 0.15) is 5.54 Å². The summed E-state index contributed by atoms with van der Waals surface area (Å²) in [6, 6.07) is -0.312. The van der Waals surface area contributed by atoms with E-state index in [0.29, 0.717) is 18.1 Å². The SMILES string of the molecule is NC1(c2noc(CCN3C(=O)NC4(CCCC4)C3=O)n2)CCCC1. The summed E-state index contributed by atoms with van der Waals surface area (Å²) in [5, 5.41) is 6.88. The van der Waals surface area contributed by atoms with E-state index in [2.05, 4.69) is 15.5 Å². The summed E-state index contributed by atoms with van der Waals surface area (Å²) in [5.41, 5.74) is 5.17. The molecule has 8 nitrogen and oxygen atoms in total. The molecule has 1 spiro atoms. The van der Waals surface area contributed by atoms with E-state index >= 15 is 0 Å². The van der Waals surface area contributed by atoms with E-state index in [1.54, 1.807) is 0 Å². The molecule has 0 atom stereocenters. The van der Waals surface area contributed by atoms with E-state index in [-0.39, 0.29) is 18.5 Å². The van der Waals surface area contributed by atoms with Crippen molar-refractivity contribution in [1.29, 1.82) is 0 Å². The molecule has 24 heavy (non-hydrogen) atoms.